The molecule has 18 nitrogen and oxygen atoms in total. The summed E-state index contributed by atoms with van der Waals surface area (Å²) in [6.45, 7) is 11.9. The number of imidazole rings is 2. The van der Waals surface area contributed by atoms with Crippen LogP contribution in [-0.4, -0.2) is 124 Å². The number of anilines is 2. The van der Waals surface area contributed by atoms with Crippen molar-refractivity contribution in [2.24, 2.45) is 11.8 Å². The Morgan fingerprint density at radius 2 is 1.00 bits per heavy atom. The predicted octanol–water partition coefficient (Wildman–Crippen LogP) is 9.54. The van der Waals surface area contributed by atoms with Gasteiger partial charge in [-0.1, -0.05) is 88.4 Å². The number of carbonyl (C=O) groups is 4. The first kappa shape index (κ1) is 52.7. The number of nitrogens with one attached hydrogen (secondary N) is 4. The molecule has 6 atom stereocenters. The van der Waals surface area contributed by atoms with E-state index in [0.29, 0.717) is 26.3 Å². The highest BCUT2D eigenvalue weighted by atomic mass is 16.5. The number of H-pyrrole nitrogens is 2. The predicted molar refractivity (Wildman–Crippen MR) is 294 cm³/mol. The Bertz CT molecular complexity index is 2840. The molecule has 0 aliphatic carbocycles. The number of pyridine rings is 1. The lowest BCUT2D eigenvalue weighted by Gasteiger charge is -2.33. The molecule has 10 rings (SSSR count). The lowest BCUT2D eigenvalue weighted by molar-refractivity contribution is -0.136. The summed E-state index contributed by atoms with van der Waals surface area (Å²) < 4.78 is 15.2. The van der Waals surface area contributed by atoms with Crippen LogP contribution < -0.4 is 20.4 Å². The number of amides is 4. The van der Waals surface area contributed by atoms with E-state index in [4.69, 9.17) is 29.2 Å². The molecular formula is C59H71N11O7. The molecule has 6 aromatic rings. The zero-order chi connectivity index (χ0) is 53.7. The van der Waals surface area contributed by atoms with Gasteiger partial charge in [-0.2, -0.15) is 0 Å². The van der Waals surface area contributed by atoms with Gasteiger partial charge in [0.2, 0.25) is 11.8 Å². The van der Waals surface area contributed by atoms with Gasteiger partial charge in [0.1, 0.15) is 29.6 Å². The van der Waals surface area contributed by atoms with Crippen molar-refractivity contribution in [2.75, 3.05) is 63.4 Å². The van der Waals surface area contributed by atoms with Gasteiger partial charge in [0, 0.05) is 43.6 Å². The molecule has 4 saturated heterocycles. The maximum absolute atomic E-state index is 13.8. The summed E-state index contributed by atoms with van der Waals surface area (Å²) in [7, 11) is 2.60. The Hall–Kier alpha value is -7.73. The fraction of sp³-hybridized carbons (Fsp3) is 0.441. The van der Waals surface area contributed by atoms with Gasteiger partial charge in [-0.25, -0.2) is 24.5 Å². The zero-order valence-corrected chi connectivity index (χ0v) is 44.9. The van der Waals surface area contributed by atoms with Crippen molar-refractivity contribution in [3.63, 3.8) is 0 Å². The second-order valence-corrected chi connectivity index (χ2v) is 21.3. The molecule has 0 unspecified atom stereocenters. The van der Waals surface area contributed by atoms with E-state index in [1.54, 1.807) is 0 Å². The molecule has 4 aliphatic rings. The summed E-state index contributed by atoms with van der Waals surface area (Å²) >= 11 is 0. The average molecular weight is 1050 g/mol. The first-order chi connectivity index (χ1) is 37.4. The quantitative estimate of drug-likeness (QED) is 0.0760. The summed E-state index contributed by atoms with van der Waals surface area (Å²) in [5, 5.41) is 5.47. The summed E-state index contributed by atoms with van der Waals surface area (Å²) in [5.74, 6) is 1.89. The number of nitrogens with zero attached hydrogens (tertiary/aromatic N) is 7. The number of likely N-dealkylation sites (tertiary alicyclic amines) is 2. The van der Waals surface area contributed by atoms with E-state index in [9.17, 15) is 19.2 Å². The van der Waals surface area contributed by atoms with Crippen molar-refractivity contribution in [3.8, 4) is 33.6 Å². The number of carbonyl (C=O) groups excluding carboxylic acids is 4. The van der Waals surface area contributed by atoms with Gasteiger partial charge in [-0.05, 0) is 102 Å². The van der Waals surface area contributed by atoms with Crippen LogP contribution in [0.2, 0.25) is 0 Å². The smallest absolute Gasteiger partial charge is 0.407 e. The SMILES string of the molecule is COC(=O)N[C@H](C(=O)N1CCC[C@H]1c1ncc(-c2ccc([C@H]3CC[C@H](c4ccc(-c5cnc([C@@H]6CCCN6C(=O)[C@@H](NC(=O)OC)C(C)C)[nH]5)cc4)N3c3ccc(-c4ccc(N5CCOCC5)nc4)cc3)cc2)[nH]1)C(C)C. The number of aromatic amines is 2. The zero-order valence-electron chi connectivity index (χ0n) is 44.9. The van der Waals surface area contributed by atoms with Crippen molar-refractivity contribution in [1.29, 1.82) is 0 Å². The van der Waals surface area contributed by atoms with Gasteiger partial charge in [0.05, 0.1) is 75.4 Å². The van der Waals surface area contributed by atoms with Crippen molar-refractivity contribution in [1.82, 2.24) is 45.4 Å². The highest BCUT2D eigenvalue weighted by Gasteiger charge is 2.40. The fourth-order valence-corrected chi connectivity index (χ4v) is 11.6. The molecule has 0 saturated carbocycles. The Morgan fingerprint density at radius 3 is 1.43 bits per heavy atom. The molecule has 3 aromatic carbocycles. The summed E-state index contributed by atoms with van der Waals surface area (Å²) in [4.78, 5) is 82.0. The van der Waals surface area contributed by atoms with Crippen LogP contribution >= 0.6 is 0 Å². The molecule has 18 heteroatoms. The minimum Gasteiger partial charge on any atom is -0.453 e. The first-order valence-corrected chi connectivity index (χ1v) is 27.2. The minimum absolute atomic E-state index is 0.0854. The number of morpholine rings is 1. The maximum atomic E-state index is 13.8. The lowest BCUT2D eigenvalue weighted by Crippen LogP contribution is -2.51. The Balaban J connectivity index is 0.887. The summed E-state index contributed by atoms with van der Waals surface area (Å²) in [6.07, 6.45) is 9.49. The molecule has 4 N–H and O–H groups in total. The molecule has 4 aliphatic heterocycles. The minimum atomic E-state index is -0.707. The standard InChI is InChI=1S/C59H71N11O7/c1-36(2)52(65-58(73)75-5)56(71)68-27-7-9-49(68)54-61-34-45(63-54)39-11-15-41(16-12-39)47-24-25-48(70(47)44-22-19-38(20-23-44)43-21-26-51(60-33-43)67-29-31-77-32-30-67)42-17-13-40(14-18-42)46-35-62-55(64-46)50-10-8-28-69(50)57(72)53(37(3)4)66-59(74)76-6/h11-23,26,33-37,47-50,52-53H,7-10,24-25,27-32H2,1-6H3,(H,61,63)(H,62,64)(H,65,73)(H,66,74)/t47-,48-,49+,50+,52+,53+/m1/s1. The van der Waals surface area contributed by atoms with E-state index in [1.165, 1.54) is 25.3 Å². The van der Waals surface area contributed by atoms with E-state index in [2.05, 4.69) is 115 Å². The Morgan fingerprint density at radius 1 is 0.545 bits per heavy atom. The second-order valence-electron chi connectivity index (χ2n) is 21.3. The fourth-order valence-electron chi connectivity index (χ4n) is 11.6. The van der Waals surface area contributed by atoms with Crippen LogP contribution in [0.5, 0.6) is 0 Å². The van der Waals surface area contributed by atoms with Crippen LogP contribution in [0.15, 0.2) is 104 Å². The summed E-state index contributed by atoms with van der Waals surface area (Å²) in [5.41, 5.74) is 9.42. The van der Waals surface area contributed by atoms with Gasteiger partial charge >= 0.3 is 12.2 Å². The van der Waals surface area contributed by atoms with Crippen molar-refractivity contribution in [3.05, 3.63) is 126 Å². The Kier molecular flexibility index (Phi) is 15.9. The molecule has 0 radical (unpaired) electrons. The number of ether oxygens (including phenoxy) is 3. The maximum Gasteiger partial charge on any atom is 0.407 e. The van der Waals surface area contributed by atoms with Crippen LogP contribution in [0.4, 0.5) is 21.1 Å². The molecule has 404 valence electrons. The largest absolute Gasteiger partial charge is 0.453 e. The second kappa shape index (κ2) is 23.3. The van der Waals surface area contributed by atoms with E-state index in [1.807, 2.05) is 56.1 Å². The van der Waals surface area contributed by atoms with Gasteiger partial charge in [-0.15, -0.1) is 0 Å². The normalized spacial score (nSPS) is 20.4. The molecule has 4 amide bonds. The van der Waals surface area contributed by atoms with Crippen molar-refractivity contribution >= 4 is 35.5 Å². The number of benzene rings is 3. The first-order valence-electron chi connectivity index (χ1n) is 27.2. The van der Waals surface area contributed by atoms with Crippen LogP contribution in [0, 0.1) is 11.8 Å². The molecule has 7 heterocycles. The topological polar surface area (TPSA) is 203 Å². The van der Waals surface area contributed by atoms with E-state index in [-0.39, 0.29) is 47.8 Å². The highest BCUT2D eigenvalue weighted by molar-refractivity contribution is 5.87. The number of aromatic nitrogens is 5. The molecular weight excluding hydrogens is 975 g/mol. The molecule has 0 spiro atoms. The number of hydrogen-bond acceptors (Lipinski definition) is 12. The highest BCUT2D eigenvalue weighted by Crippen LogP contribution is 2.48. The molecule has 77 heavy (non-hydrogen) atoms. The van der Waals surface area contributed by atoms with Gasteiger partial charge < -0.3 is 54.4 Å². The summed E-state index contributed by atoms with van der Waals surface area (Å²) in [6, 6.07) is 28.9. The third-order valence-electron chi connectivity index (χ3n) is 15.9. The number of hydrogen-bond donors (Lipinski definition) is 4. The van der Waals surface area contributed by atoms with Crippen LogP contribution in [0.1, 0.15) is 113 Å². The third kappa shape index (κ3) is 11.2. The Labute approximate surface area is 450 Å². The number of methoxy groups -OCH3 is 2. The lowest BCUT2D eigenvalue weighted by atomic mass is 10.0. The van der Waals surface area contributed by atoms with Crippen LogP contribution in [0.3, 0.4) is 0 Å². The molecule has 3 aromatic heterocycles. The van der Waals surface area contributed by atoms with Gasteiger partial charge in [0.25, 0.3) is 0 Å². The van der Waals surface area contributed by atoms with Gasteiger partial charge in [0.15, 0.2) is 0 Å². The third-order valence-corrected chi connectivity index (χ3v) is 15.9. The van der Waals surface area contributed by atoms with Crippen LogP contribution in [-0.2, 0) is 23.8 Å². The molecule has 4 fully saturated rings. The van der Waals surface area contributed by atoms with Crippen LogP contribution in [0.25, 0.3) is 33.6 Å². The average Bonchev–Trinajstić information content (AvgIpc) is 4.35. The van der Waals surface area contributed by atoms with E-state index >= 15 is 0 Å². The van der Waals surface area contributed by atoms with E-state index in [0.717, 1.165) is 108 Å². The van der Waals surface area contributed by atoms with Gasteiger partial charge in [-0.3, -0.25) is 9.59 Å². The van der Waals surface area contributed by atoms with E-state index < -0.39 is 24.3 Å². The van der Waals surface area contributed by atoms with Crippen molar-refractivity contribution < 1.29 is 33.4 Å². The number of alkyl carbamates (subject to hydrolysis) is 2. The number of rotatable bonds is 15. The monoisotopic (exact) mass is 1050 g/mol. The molecule has 0 bridgehead atoms. The van der Waals surface area contributed by atoms with Crippen molar-refractivity contribution in [2.45, 2.75) is 102 Å².